The maximum absolute atomic E-state index is 11.7. The number of carbonyl (C=O) groups excluding carboxylic acids is 1. The van der Waals surface area contributed by atoms with Gasteiger partial charge in [0.15, 0.2) is 0 Å². The third-order valence-electron chi connectivity index (χ3n) is 5.00. The third kappa shape index (κ3) is 6.53. The summed E-state index contributed by atoms with van der Waals surface area (Å²) in [7, 11) is 3.69. The number of hydrogen-bond acceptors (Lipinski definition) is 7. The molecule has 2 aromatic carbocycles. The van der Waals surface area contributed by atoms with Gasteiger partial charge >= 0.3 is 0 Å². The standard InChI is InChI=1S/C27H26N6O2/c1-19-14-21(9-11-25(19)35-22-7-5-12-28-16-22)32-27-23-15-20(8-10-24(23)30-18-31-27)6-4-13-29-26(34)17-33(2)3/h5,7-12,14-16,18H,13,17H2,1-3H3,(H,29,34)(H,30,31,32). The Morgan fingerprint density at radius 1 is 1.11 bits per heavy atom. The number of rotatable bonds is 7. The fourth-order valence-corrected chi connectivity index (χ4v) is 3.38. The lowest BCUT2D eigenvalue weighted by molar-refractivity contribution is -0.121. The summed E-state index contributed by atoms with van der Waals surface area (Å²) in [6.45, 7) is 2.61. The van der Waals surface area contributed by atoms with Gasteiger partial charge in [0.2, 0.25) is 5.91 Å². The van der Waals surface area contributed by atoms with Crippen LogP contribution in [0.1, 0.15) is 11.1 Å². The van der Waals surface area contributed by atoms with Crippen molar-refractivity contribution in [3.05, 3.63) is 78.4 Å². The highest BCUT2D eigenvalue weighted by Gasteiger charge is 2.08. The molecule has 2 N–H and O–H groups in total. The van der Waals surface area contributed by atoms with Crippen molar-refractivity contribution in [2.24, 2.45) is 0 Å². The minimum atomic E-state index is -0.0603. The van der Waals surface area contributed by atoms with E-state index in [0.717, 1.165) is 33.5 Å². The van der Waals surface area contributed by atoms with E-state index in [1.165, 1.54) is 6.33 Å². The number of pyridine rings is 1. The van der Waals surface area contributed by atoms with E-state index in [-0.39, 0.29) is 12.5 Å². The molecule has 35 heavy (non-hydrogen) atoms. The minimum absolute atomic E-state index is 0.0603. The van der Waals surface area contributed by atoms with Crippen molar-refractivity contribution in [2.75, 3.05) is 32.5 Å². The Balaban J connectivity index is 1.49. The van der Waals surface area contributed by atoms with Gasteiger partial charge < -0.3 is 20.3 Å². The topological polar surface area (TPSA) is 92.3 Å². The van der Waals surface area contributed by atoms with Crippen LogP contribution >= 0.6 is 0 Å². The smallest absolute Gasteiger partial charge is 0.234 e. The average molecular weight is 467 g/mol. The summed E-state index contributed by atoms with van der Waals surface area (Å²) in [6.07, 6.45) is 4.92. The lowest BCUT2D eigenvalue weighted by Gasteiger charge is -2.12. The monoisotopic (exact) mass is 466 g/mol. The van der Waals surface area contributed by atoms with Gasteiger partial charge in [0.1, 0.15) is 23.6 Å². The average Bonchev–Trinajstić information content (AvgIpc) is 2.84. The number of nitrogens with zero attached hydrogens (tertiary/aromatic N) is 4. The van der Waals surface area contributed by atoms with Crippen LogP contribution in [0.15, 0.2) is 67.3 Å². The number of carbonyl (C=O) groups is 1. The fourth-order valence-electron chi connectivity index (χ4n) is 3.38. The number of benzene rings is 2. The van der Waals surface area contributed by atoms with Crippen LogP contribution < -0.4 is 15.4 Å². The molecule has 2 aromatic heterocycles. The summed E-state index contributed by atoms with van der Waals surface area (Å²) < 4.78 is 5.92. The maximum atomic E-state index is 11.7. The van der Waals surface area contributed by atoms with Crippen molar-refractivity contribution in [3.8, 4) is 23.3 Å². The first kappa shape index (κ1) is 23.7. The molecule has 4 rings (SSSR count). The SMILES string of the molecule is Cc1cc(Nc2ncnc3ccc(C#CCNC(=O)CN(C)C)cc23)ccc1Oc1cccnc1. The van der Waals surface area contributed by atoms with Crippen LogP contribution in [-0.4, -0.2) is 52.9 Å². The van der Waals surface area contributed by atoms with Crippen LogP contribution in [0, 0.1) is 18.8 Å². The lowest BCUT2D eigenvalue weighted by atomic mass is 10.1. The van der Waals surface area contributed by atoms with Crippen LogP contribution in [-0.2, 0) is 4.79 Å². The van der Waals surface area contributed by atoms with E-state index in [0.29, 0.717) is 18.1 Å². The Labute approximate surface area is 204 Å². The van der Waals surface area contributed by atoms with E-state index in [1.807, 2.05) is 74.4 Å². The van der Waals surface area contributed by atoms with Gasteiger partial charge in [0, 0.05) is 22.8 Å². The zero-order valence-electron chi connectivity index (χ0n) is 19.9. The molecule has 0 radical (unpaired) electrons. The highest BCUT2D eigenvalue weighted by atomic mass is 16.5. The Kier molecular flexibility index (Phi) is 7.50. The van der Waals surface area contributed by atoms with Gasteiger partial charge in [-0.1, -0.05) is 11.8 Å². The van der Waals surface area contributed by atoms with Gasteiger partial charge in [-0.3, -0.25) is 9.78 Å². The molecule has 0 atom stereocenters. The molecule has 2 heterocycles. The molecule has 8 nitrogen and oxygen atoms in total. The number of anilines is 2. The second-order valence-electron chi connectivity index (χ2n) is 8.17. The van der Waals surface area contributed by atoms with Gasteiger partial charge in [0.25, 0.3) is 0 Å². The number of likely N-dealkylation sites (N-methyl/N-ethyl adjacent to an activating group) is 1. The highest BCUT2D eigenvalue weighted by molar-refractivity contribution is 5.91. The van der Waals surface area contributed by atoms with Crippen molar-refractivity contribution in [2.45, 2.75) is 6.92 Å². The van der Waals surface area contributed by atoms with Crippen LogP contribution in [0.2, 0.25) is 0 Å². The van der Waals surface area contributed by atoms with Crippen molar-refractivity contribution in [3.63, 3.8) is 0 Å². The van der Waals surface area contributed by atoms with Crippen LogP contribution in [0.4, 0.5) is 11.5 Å². The van der Waals surface area contributed by atoms with E-state index in [2.05, 4.69) is 37.4 Å². The molecule has 0 unspecified atom stereocenters. The quantitative estimate of drug-likeness (QED) is 0.399. The number of nitrogens with one attached hydrogen (secondary N) is 2. The number of aryl methyl sites for hydroxylation is 1. The molecule has 0 saturated heterocycles. The first-order valence-electron chi connectivity index (χ1n) is 11.1. The minimum Gasteiger partial charge on any atom is -0.455 e. The Morgan fingerprint density at radius 3 is 2.77 bits per heavy atom. The third-order valence-corrected chi connectivity index (χ3v) is 5.00. The van der Waals surface area contributed by atoms with Crippen molar-refractivity contribution < 1.29 is 9.53 Å². The fraction of sp³-hybridized carbons (Fsp3) is 0.185. The largest absolute Gasteiger partial charge is 0.455 e. The summed E-state index contributed by atoms with van der Waals surface area (Å²) in [5, 5.41) is 7.01. The van der Waals surface area contributed by atoms with E-state index in [1.54, 1.807) is 12.4 Å². The van der Waals surface area contributed by atoms with Gasteiger partial charge in [-0.25, -0.2) is 9.97 Å². The molecule has 0 bridgehead atoms. The molecule has 0 aliphatic heterocycles. The Bertz CT molecular complexity index is 1390. The molecule has 8 heteroatoms. The molecule has 0 fully saturated rings. The van der Waals surface area contributed by atoms with Crippen LogP contribution in [0.5, 0.6) is 11.5 Å². The summed E-state index contributed by atoms with van der Waals surface area (Å²) in [5.74, 6) is 8.15. The first-order valence-corrected chi connectivity index (χ1v) is 11.1. The van der Waals surface area contributed by atoms with Crippen molar-refractivity contribution in [1.82, 2.24) is 25.2 Å². The first-order chi connectivity index (χ1) is 17.0. The lowest BCUT2D eigenvalue weighted by Crippen LogP contribution is -2.33. The number of hydrogen-bond donors (Lipinski definition) is 2. The second-order valence-corrected chi connectivity index (χ2v) is 8.17. The predicted molar refractivity (Wildman–Crippen MR) is 137 cm³/mol. The van der Waals surface area contributed by atoms with Crippen molar-refractivity contribution in [1.29, 1.82) is 0 Å². The molecule has 176 valence electrons. The summed E-state index contributed by atoms with van der Waals surface area (Å²) >= 11 is 0. The van der Waals surface area contributed by atoms with E-state index in [9.17, 15) is 4.79 Å². The summed E-state index contributed by atoms with van der Waals surface area (Å²) in [6, 6.07) is 15.3. The van der Waals surface area contributed by atoms with Crippen molar-refractivity contribution >= 4 is 28.3 Å². The zero-order chi connectivity index (χ0) is 24.6. The van der Waals surface area contributed by atoms with Crippen LogP contribution in [0.25, 0.3) is 10.9 Å². The van der Waals surface area contributed by atoms with E-state index in [4.69, 9.17) is 4.74 Å². The second kappa shape index (κ2) is 11.1. The Hall–Kier alpha value is -4.48. The van der Waals surface area contributed by atoms with Gasteiger partial charge in [0.05, 0.1) is 24.8 Å². The molecule has 0 aliphatic carbocycles. The molecule has 0 spiro atoms. The van der Waals surface area contributed by atoms with E-state index < -0.39 is 0 Å². The Morgan fingerprint density at radius 2 is 2.00 bits per heavy atom. The number of ether oxygens (including phenoxy) is 1. The number of amides is 1. The maximum Gasteiger partial charge on any atom is 0.234 e. The van der Waals surface area contributed by atoms with Crippen LogP contribution in [0.3, 0.4) is 0 Å². The zero-order valence-corrected chi connectivity index (χ0v) is 19.9. The van der Waals surface area contributed by atoms with Gasteiger partial charge in [-0.15, -0.1) is 0 Å². The van der Waals surface area contributed by atoms with Gasteiger partial charge in [-0.2, -0.15) is 0 Å². The molecular weight excluding hydrogens is 440 g/mol. The summed E-state index contributed by atoms with van der Waals surface area (Å²) in [5.41, 5.74) is 3.47. The molecule has 0 saturated carbocycles. The molecule has 4 aromatic rings. The number of aromatic nitrogens is 3. The molecule has 0 aliphatic rings. The summed E-state index contributed by atoms with van der Waals surface area (Å²) in [4.78, 5) is 26.4. The van der Waals surface area contributed by atoms with E-state index >= 15 is 0 Å². The number of fused-ring (bicyclic) bond motifs is 1. The molecular formula is C27H26N6O2. The predicted octanol–water partition coefficient (Wildman–Crippen LogP) is 3.90. The molecule has 1 amide bonds. The highest BCUT2D eigenvalue weighted by Crippen LogP contribution is 2.29. The normalized spacial score (nSPS) is 10.5. The van der Waals surface area contributed by atoms with Gasteiger partial charge in [-0.05, 0) is 75.1 Å².